The largest absolute Gasteiger partial charge is 0.416 e. The molecule has 2 amide bonds. The summed E-state index contributed by atoms with van der Waals surface area (Å²) in [6.07, 6.45) is -2.90. The van der Waals surface area contributed by atoms with E-state index >= 15 is 0 Å². The molecule has 6 nitrogen and oxygen atoms in total. The molecule has 2 heterocycles. The van der Waals surface area contributed by atoms with Crippen molar-refractivity contribution in [3.63, 3.8) is 0 Å². The van der Waals surface area contributed by atoms with Gasteiger partial charge in [0.05, 0.1) is 22.4 Å². The van der Waals surface area contributed by atoms with Gasteiger partial charge in [0.15, 0.2) is 0 Å². The number of aromatic amines is 1. The Morgan fingerprint density at radius 1 is 1.08 bits per heavy atom. The van der Waals surface area contributed by atoms with Crippen LogP contribution in [0.2, 0.25) is 0 Å². The van der Waals surface area contributed by atoms with Gasteiger partial charge in [0.1, 0.15) is 0 Å². The van der Waals surface area contributed by atoms with E-state index in [1.807, 2.05) is 6.92 Å². The van der Waals surface area contributed by atoms with Gasteiger partial charge in [-0.05, 0) is 61.5 Å². The minimum Gasteiger partial charge on any atom is -0.358 e. The highest BCUT2D eigenvalue weighted by Crippen LogP contribution is 2.41. The number of aryl methyl sites for hydroxylation is 1. The monoisotopic (exact) mass is 510 g/mol. The summed E-state index contributed by atoms with van der Waals surface area (Å²) >= 11 is 0. The van der Waals surface area contributed by atoms with Crippen LogP contribution in [0, 0.1) is 6.92 Å². The second kappa shape index (κ2) is 10.6. The van der Waals surface area contributed by atoms with Crippen LogP contribution in [0.4, 0.5) is 18.9 Å². The summed E-state index contributed by atoms with van der Waals surface area (Å²) in [5.74, 6) is -0.664. The van der Waals surface area contributed by atoms with Crippen molar-refractivity contribution in [3.05, 3.63) is 76.6 Å². The molecule has 3 N–H and O–H groups in total. The van der Waals surface area contributed by atoms with Crippen molar-refractivity contribution in [1.82, 2.24) is 15.2 Å². The van der Waals surface area contributed by atoms with Crippen molar-refractivity contribution >= 4 is 29.2 Å². The van der Waals surface area contributed by atoms with Crippen LogP contribution in [0.15, 0.2) is 48.5 Å². The number of H-pyrrole nitrogens is 1. The van der Waals surface area contributed by atoms with E-state index in [1.165, 1.54) is 6.07 Å². The highest BCUT2D eigenvalue weighted by atomic mass is 19.4. The Hall–Kier alpha value is -3.85. The van der Waals surface area contributed by atoms with E-state index < -0.39 is 17.6 Å². The third kappa shape index (κ3) is 5.61. The van der Waals surface area contributed by atoms with Gasteiger partial charge < -0.3 is 20.5 Å². The second-order valence-electron chi connectivity index (χ2n) is 8.88. The predicted octanol–water partition coefficient (Wildman–Crippen LogP) is 5.57. The lowest BCUT2D eigenvalue weighted by atomic mass is 9.93. The average molecular weight is 511 g/mol. The first kappa shape index (κ1) is 26.2. The van der Waals surface area contributed by atoms with Gasteiger partial charge in [0, 0.05) is 30.0 Å². The van der Waals surface area contributed by atoms with Crippen LogP contribution in [0.5, 0.6) is 0 Å². The second-order valence-corrected chi connectivity index (χ2v) is 8.88. The average Bonchev–Trinajstić information content (AvgIpc) is 3.40. The summed E-state index contributed by atoms with van der Waals surface area (Å²) in [5.41, 5.74) is 2.90. The Labute approximate surface area is 213 Å². The molecule has 0 saturated heterocycles. The lowest BCUT2D eigenvalue weighted by molar-refractivity contribution is -0.137. The van der Waals surface area contributed by atoms with Gasteiger partial charge in [-0.25, -0.2) is 0 Å². The number of halogens is 3. The normalized spacial score (nSPS) is 14.2. The summed E-state index contributed by atoms with van der Waals surface area (Å²) in [5, 5.41) is 5.72. The molecule has 1 aliphatic rings. The molecule has 0 bridgehead atoms. The van der Waals surface area contributed by atoms with Crippen molar-refractivity contribution in [2.24, 2.45) is 0 Å². The number of benzene rings is 2. The van der Waals surface area contributed by atoms with Crippen LogP contribution in [0.1, 0.15) is 46.7 Å². The van der Waals surface area contributed by atoms with E-state index in [0.29, 0.717) is 46.7 Å². The number of aromatic nitrogens is 1. The van der Waals surface area contributed by atoms with Crippen LogP contribution in [0.25, 0.3) is 22.8 Å². The molecular formula is C28H29F3N4O2. The molecule has 37 heavy (non-hydrogen) atoms. The number of nitrogens with zero attached hydrogens (tertiary/aromatic N) is 1. The number of hydrogen-bond donors (Lipinski definition) is 3. The molecule has 0 radical (unpaired) electrons. The zero-order chi connectivity index (χ0) is 26.7. The maximum Gasteiger partial charge on any atom is 0.416 e. The molecule has 1 aromatic heterocycles. The van der Waals surface area contributed by atoms with Gasteiger partial charge in [0.25, 0.3) is 11.8 Å². The zero-order valence-electron chi connectivity index (χ0n) is 20.9. The van der Waals surface area contributed by atoms with Crippen molar-refractivity contribution in [2.75, 3.05) is 31.5 Å². The minimum atomic E-state index is -4.49. The first-order valence-corrected chi connectivity index (χ1v) is 12.2. The fourth-order valence-corrected chi connectivity index (χ4v) is 4.51. The van der Waals surface area contributed by atoms with Gasteiger partial charge in [0.2, 0.25) is 0 Å². The smallest absolute Gasteiger partial charge is 0.358 e. The highest BCUT2D eigenvalue weighted by Gasteiger charge is 2.32. The van der Waals surface area contributed by atoms with E-state index in [1.54, 1.807) is 36.4 Å². The van der Waals surface area contributed by atoms with E-state index in [-0.39, 0.29) is 11.5 Å². The van der Waals surface area contributed by atoms with E-state index in [4.69, 9.17) is 0 Å². The quantitative estimate of drug-likeness (QED) is 0.347. The molecule has 0 saturated carbocycles. The van der Waals surface area contributed by atoms with E-state index in [9.17, 15) is 22.8 Å². The number of carbonyl (C=O) groups is 2. The minimum absolute atomic E-state index is 0.266. The number of rotatable bonds is 8. The molecule has 0 aliphatic carbocycles. The summed E-state index contributed by atoms with van der Waals surface area (Å²) in [4.78, 5) is 31.3. The van der Waals surface area contributed by atoms with E-state index in [2.05, 4.69) is 34.4 Å². The molecule has 0 fully saturated rings. The number of amides is 2. The number of fused-ring (bicyclic) bond motifs is 1. The number of anilines is 1. The van der Waals surface area contributed by atoms with Gasteiger partial charge >= 0.3 is 6.18 Å². The highest BCUT2D eigenvalue weighted by molar-refractivity contribution is 6.36. The van der Waals surface area contributed by atoms with Crippen LogP contribution in [-0.2, 0) is 11.0 Å². The zero-order valence-corrected chi connectivity index (χ0v) is 20.9. The third-order valence-corrected chi connectivity index (χ3v) is 6.45. The topological polar surface area (TPSA) is 77.2 Å². The number of nitrogens with one attached hydrogen (secondary N) is 3. The fraction of sp³-hybridized carbons (Fsp3) is 0.286. The Bertz CT molecular complexity index is 1350. The van der Waals surface area contributed by atoms with Crippen molar-refractivity contribution < 1.29 is 22.8 Å². The number of likely N-dealkylation sites (N-methyl/N-ethyl adjacent to an activating group) is 1. The van der Waals surface area contributed by atoms with Crippen LogP contribution >= 0.6 is 0 Å². The Morgan fingerprint density at radius 2 is 1.81 bits per heavy atom. The van der Waals surface area contributed by atoms with Crippen LogP contribution in [0.3, 0.4) is 0 Å². The Kier molecular flexibility index (Phi) is 7.54. The molecule has 0 atom stereocenters. The lowest BCUT2D eigenvalue weighted by Crippen LogP contribution is -2.34. The summed E-state index contributed by atoms with van der Waals surface area (Å²) in [6, 6.07) is 11.8. The lowest BCUT2D eigenvalue weighted by Gasteiger charge is -2.17. The summed E-state index contributed by atoms with van der Waals surface area (Å²) in [7, 11) is 0. The standard InChI is InChI=1S/C28H29F3N4O2/c1-4-35(5-2)13-12-32-26(36)21-14-17(3)33-24(21)16-22-25-20(10-7-11-23(25)34-27(22)37)18-8-6-9-19(15-18)28(29,30)31/h6-11,14-16,33H,4-5,12-13H2,1-3H3,(H,32,36)(H,34,37)/b22-16-. The third-order valence-electron chi connectivity index (χ3n) is 6.45. The molecule has 2 aromatic carbocycles. The van der Waals surface area contributed by atoms with Gasteiger partial charge in [-0.1, -0.05) is 38.1 Å². The first-order chi connectivity index (χ1) is 17.6. The van der Waals surface area contributed by atoms with Gasteiger partial charge in [-0.3, -0.25) is 9.59 Å². The molecular weight excluding hydrogens is 481 g/mol. The van der Waals surface area contributed by atoms with Crippen LogP contribution in [-0.4, -0.2) is 47.9 Å². The van der Waals surface area contributed by atoms with Crippen molar-refractivity contribution in [2.45, 2.75) is 26.9 Å². The first-order valence-electron chi connectivity index (χ1n) is 12.2. The number of alkyl halides is 3. The number of carbonyl (C=O) groups excluding carboxylic acids is 2. The molecule has 4 rings (SSSR count). The van der Waals surface area contributed by atoms with Crippen molar-refractivity contribution in [1.29, 1.82) is 0 Å². The SMILES string of the molecule is CCN(CC)CCNC(=O)c1cc(C)[nH]c1/C=C1\C(=O)Nc2cccc(-c3cccc(C(F)(F)F)c3)c21. The predicted molar refractivity (Wildman–Crippen MR) is 139 cm³/mol. The summed E-state index contributed by atoms with van der Waals surface area (Å²) < 4.78 is 40.1. The molecule has 3 aromatic rings. The molecule has 9 heteroatoms. The van der Waals surface area contributed by atoms with Gasteiger partial charge in [-0.15, -0.1) is 0 Å². The molecule has 1 aliphatic heterocycles. The van der Waals surface area contributed by atoms with Crippen LogP contribution < -0.4 is 10.6 Å². The summed E-state index contributed by atoms with van der Waals surface area (Å²) in [6.45, 7) is 8.89. The molecule has 194 valence electrons. The number of hydrogen-bond acceptors (Lipinski definition) is 3. The molecule has 0 unspecified atom stereocenters. The maximum absolute atomic E-state index is 13.4. The van der Waals surface area contributed by atoms with E-state index in [0.717, 1.165) is 30.9 Å². The Morgan fingerprint density at radius 3 is 2.51 bits per heavy atom. The van der Waals surface area contributed by atoms with Gasteiger partial charge in [-0.2, -0.15) is 13.2 Å². The Balaban J connectivity index is 1.71. The molecule has 0 spiro atoms. The fourth-order valence-electron chi connectivity index (χ4n) is 4.51. The van der Waals surface area contributed by atoms with Crippen molar-refractivity contribution in [3.8, 4) is 11.1 Å². The maximum atomic E-state index is 13.4.